The lowest BCUT2D eigenvalue weighted by atomic mass is 9.90. The van der Waals surface area contributed by atoms with E-state index in [9.17, 15) is 9.90 Å². The van der Waals surface area contributed by atoms with Crippen molar-refractivity contribution < 1.29 is 14.3 Å². The molecule has 2 unspecified atom stereocenters. The smallest absolute Gasteiger partial charge is 0.307 e. The average Bonchev–Trinajstić information content (AvgIpc) is 2.98. The van der Waals surface area contributed by atoms with Crippen molar-refractivity contribution >= 4 is 29.2 Å². The molecule has 6 heteroatoms. The minimum atomic E-state index is -0.720. The largest absolute Gasteiger partial charge is 0.481 e. The summed E-state index contributed by atoms with van der Waals surface area (Å²) in [6.07, 6.45) is 0.735. The lowest BCUT2D eigenvalue weighted by molar-refractivity contribution is -0.144. The fourth-order valence-corrected chi connectivity index (χ4v) is 3.56. The summed E-state index contributed by atoms with van der Waals surface area (Å²) in [5.41, 5.74) is 0.867. The van der Waals surface area contributed by atoms with E-state index in [0.717, 1.165) is 30.0 Å². The summed E-state index contributed by atoms with van der Waals surface area (Å²) in [6.45, 7) is 4.13. The van der Waals surface area contributed by atoms with E-state index >= 15 is 0 Å². The fourth-order valence-electron chi connectivity index (χ4n) is 3.26. The maximum absolute atomic E-state index is 11.3. The topological polar surface area (TPSA) is 53.7 Å². The Bertz CT molecular complexity index is 744. The van der Waals surface area contributed by atoms with Crippen LogP contribution in [0.5, 0.6) is 0 Å². The summed E-state index contributed by atoms with van der Waals surface area (Å²) in [5.74, 6) is 0.878. The first-order chi connectivity index (χ1) is 11.4. The van der Waals surface area contributed by atoms with Gasteiger partial charge in [0.15, 0.2) is 0 Å². The first kappa shape index (κ1) is 17.3. The summed E-state index contributed by atoms with van der Waals surface area (Å²) in [6, 6.07) is 9.20. The van der Waals surface area contributed by atoms with Gasteiger partial charge in [-0.05, 0) is 42.7 Å². The van der Waals surface area contributed by atoms with Gasteiger partial charge in [0, 0.05) is 18.7 Å². The number of benzene rings is 1. The van der Waals surface area contributed by atoms with E-state index in [0.29, 0.717) is 29.1 Å². The Kier molecular flexibility index (Phi) is 5.18. The van der Waals surface area contributed by atoms with E-state index in [-0.39, 0.29) is 5.92 Å². The normalized spacial score (nSPS) is 21.8. The number of likely N-dealkylation sites (tertiary alicyclic amines) is 1. The van der Waals surface area contributed by atoms with E-state index in [4.69, 9.17) is 27.6 Å². The molecule has 2 heterocycles. The molecule has 3 rings (SSSR count). The second kappa shape index (κ2) is 7.18. The van der Waals surface area contributed by atoms with Crippen LogP contribution in [-0.4, -0.2) is 29.1 Å². The lowest BCUT2D eigenvalue weighted by Crippen LogP contribution is -2.41. The number of aliphatic carboxylic acids is 1. The van der Waals surface area contributed by atoms with Crippen molar-refractivity contribution in [2.24, 2.45) is 11.8 Å². The van der Waals surface area contributed by atoms with Crippen molar-refractivity contribution in [2.75, 3.05) is 13.1 Å². The molecule has 24 heavy (non-hydrogen) atoms. The molecule has 0 bridgehead atoms. The lowest BCUT2D eigenvalue weighted by Gasteiger charge is -2.34. The molecule has 128 valence electrons. The number of nitrogens with zero attached hydrogens (tertiary/aromatic N) is 1. The van der Waals surface area contributed by atoms with E-state index in [2.05, 4.69) is 11.8 Å². The number of carboxylic acid groups (broad SMARTS) is 1. The van der Waals surface area contributed by atoms with Crippen LogP contribution < -0.4 is 0 Å². The van der Waals surface area contributed by atoms with E-state index in [1.54, 1.807) is 12.1 Å². The van der Waals surface area contributed by atoms with Crippen LogP contribution in [0.2, 0.25) is 10.0 Å². The third kappa shape index (κ3) is 3.94. The number of rotatable bonds is 4. The third-order valence-corrected chi connectivity index (χ3v) is 5.07. The summed E-state index contributed by atoms with van der Waals surface area (Å²) >= 11 is 12.0. The highest BCUT2D eigenvalue weighted by atomic mass is 35.5. The standard InChI is InChI=1S/C18H19Cl2NO3/c1-11-6-13(18(22)23)9-21(8-11)10-14-3-5-17(24-14)12-2-4-15(19)16(20)7-12/h2-5,7,11,13H,6,8-10H2,1H3,(H,22,23). The van der Waals surface area contributed by atoms with Gasteiger partial charge in [0.05, 0.1) is 22.5 Å². The van der Waals surface area contributed by atoms with Crippen LogP contribution >= 0.6 is 23.2 Å². The van der Waals surface area contributed by atoms with E-state index in [1.807, 2.05) is 18.2 Å². The Hall–Kier alpha value is -1.49. The van der Waals surface area contributed by atoms with Gasteiger partial charge in [-0.3, -0.25) is 9.69 Å². The highest BCUT2D eigenvalue weighted by Crippen LogP contribution is 2.30. The second-order valence-corrected chi connectivity index (χ2v) is 7.28. The monoisotopic (exact) mass is 367 g/mol. The van der Waals surface area contributed by atoms with Crippen LogP contribution in [0.25, 0.3) is 11.3 Å². The van der Waals surface area contributed by atoms with Gasteiger partial charge in [-0.1, -0.05) is 30.1 Å². The Labute approximate surface area is 151 Å². The Balaban J connectivity index is 1.71. The zero-order chi connectivity index (χ0) is 17.3. The van der Waals surface area contributed by atoms with Crippen LogP contribution in [0.15, 0.2) is 34.7 Å². The Morgan fingerprint density at radius 3 is 2.75 bits per heavy atom. The zero-order valence-electron chi connectivity index (χ0n) is 13.3. The molecule has 1 saturated heterocycles. The minimum absolute atomic E-state index is 0.307. The number of furan rings is 1. The minimum Gasteiger partial charge on any atom is -0.481 e. The Morgan fingerprint density at radius 2 is 2.04 bits per heavy atom. The number of hydrogen-bond donors (Lipinski definition) is 1. The van der Waals surface area contributed by atoms with Gasteiger partial charge in [-0.15, -0.1) is 0 Å². The zero-order valence-corrected chi connectivity index (χ0v) is 14.8. The summed E-state index contributed by atoms with van der Waals surface area (Å²) in [7, 11) is 0. The molecule has 1 aromatic heterocycles. The van der Waals surface area contributed by atoms with Crippen LogP contribution in [0.4, 0.5) is 0 Å². The molecule has 1 N–H and O–H groups in total. The summed E-state index contributed by atoms with van der Waals surface area (Å²) < 4.78 is 5.91. The molecule has 1 fully saturated rings. The molecule has 1 aliphatic rings. The molecular weight excluding hydrogens is 349 g/mol. The van der Waals surface area contributed by atoms with Gasteiger partial charge in [0.25, 0.3) is 0 Å². The molecule has 2 atom stereocenters. The predicted molar refractivity (Wildman–Crippen MR) is 94.3 cm³/mol. The number of halogens is 2. The maximum Gasteiger partial charge on any atom is 0.307 e. The van der Waals surface area contributed by atoms with Crippen molar-refractivity contribution in [3.63, 3.8) is 0 Å². The summed E-state index contributed by atoms with van der Waals surface area (Å²) in [5, 5.41) is 10.3. The molecule has 2 aromatic rings. The number of piperidine rings is 1. The second-order valence-electron chi connectivity index (χ2n) is 6.46. The van der Waals surface area contributed by atoms with Crippen molar-refractivity contribution in [3.8, 4) is 11.3 Å². The number of carbonyl (C=O) groups is 1. The highest BCUT2D eigenvalue weighted by Gasteiger charge is 2.29. The van der Waals surface area contributed by atoms with Crippen LogP contribution in [0, 0.1) is 11.8 Å². The van der Waals surface area contributed by atoms with Gasteiger partial charge in [0.1, 0.15) is 11.5 Å². The molecular formula is C18H19Cl2NO3. The fraction of sp³-hybridized carbons (Fsp3) is 0.389. The van der Waals surface area contributed by atoms with Gasteiger partial charge in [-0.25, -0.2) is 0 Å². The average molecular weight is 368 g/mol. The first-order valence-corrected chi connectivity index (χ1v) is 8.67. The predicted octanol–water partition coefficient (Wildman–Crippen LogP) is 4.80. The first-order valence-electron chi connectivity index (χ1n) is 7.91. The molecule has 1 aromatic carbocycles. The quantitative estimate of drug-likeness (QED) is 0.843. The molecule has 0 spiro atoms. The van der Waals surface area contributed by atoms with Crippen LogP contribution in [0.1, 0.15) is 19.1 Å². The highest BCUT2D eigenvalue weighted by molar-refractivity contribution is 6.42. The van der Waals surface area contributed by atoms with Gasteiger partial charge < -0.3 is 9.52 Å². The number of hydrogen-bond acceptors (Lipinski definition) is 3. The molecule has 0 amide bonds. The van der Waals surface area contributed by atoms with Gasteiger partial charge >= 0.3 is 5.97 Å². The Morgan fingerprint density at radius 1 is 1.25 bits per heavy atom. The summed E-state index contributed by atoms with van der Waals surface area (Å²) in [4.78, 5) is 13.4. The SMILES string of the molecule is CC1CC(C(=O)O)CN(Cc2ccc(-c3ccc(Cl)c(Cl)c3)o2)C1. The number of carboxylic acids is 1. The van der Waals surface area contributed by atoms with Crippen LogP contribution in [0.3, 0.4) is 0 Å². The molecule has 4 nitrogen and oxygen atoms in total. The third-order valence-electron chi connectivity index (χ3n) is 4.33. The maximum atomic E-state index is 11.3. The van der Waals surface area contributed by atoms with Crippen LogP contribution in [-0.2, 0) is 11.3 Å². The van der Waals surface area contributed by atoms with Crippen molar-refractivity contribution in [3.05, 3.63) is 46.1 Å². The molecule has 0 aliphatic carbocycles. The van der Waals surface area contributed by atoms with Gasteiger partial charge in [-0.2, -0.15) is 0 Å². The van der Waals surface area contributed by atoms with Gasteiger partial charge in [0.2, 0.25) is 0 Å². The van der Waals surface area contributed by atoms with E-state index < -0.39 is 5.97 Å². The molecule has 1 aliphatic heterocycles. The van der Waals surface area contributed by atoms with E-state index in [1.165, 1.54) is 0 Å². The molecule has 0 saturated carbocycles. The van der Waals surface area contributed by atoms with Crippen molar-refractivity contribution in [2.45, 2.75) is 19.9 Å². The molecule has 0 radical (unpaired) electrons. The van der Waals surface area contributed by atoms with Crippen molar-refractivity contribution in [1.29, 1.82) is 0 Å². The van der Waals surface area contributed by atoms with Crippen molar-refractivity contribution in [1.82, 2.24) is 4.90 Å².